The van der Waals surface area contributed by atoms with Gasteiger partial charge in [-0.1, -0.05) is 18.2 Å². The molecular weight excluding hydrogens is 292 g/mol. The maximum atomic E-state index is 12.2. The van der Waals surface area contributed by atoms with Crippen LogP contribution in [0.25, 0.3) is 0 Å². The minimum absolute atomic E-state index is 0.132. The number of methoxy groups -OCH3 is 1. The summed E-state index contributed by atoms with van der Waals surface area (Å²) in [6.45, 7) is 2.32. The molecule has 0 unspecified atom stereocenters. The molecule has 2 N–H and O–H groups in total. The lowest BCUT2D eigenvalue weighted by Crippen LogP contribution is -2.23. The molecule has 0 atom stereocenters. The van der Waals surface area contributed by atoms with Crippen molar-refractivity contribution < 1.29 is 14.3 Å². The maximum absolute atomic E-state index is 12.2. The summed E-state index contributed by atoms with van der Waals surface area (Å²) in [5, 5.41) is 5.42. The monoisotopic (exact) mass is 312 g/mol. The Hall–Kier alpha value is -2.82. The molecule has 5 heteroatoms. The molecule has 23 heavy (non-hydrogen) atoms. The van der Waals surface area contributed by atoms with Crippen LogP contribution >= 0.6 is 0 Å². The van der Waals surface area contributed by atoms with E-state index in [4.69, 9.17) is 4.74 Å². The van der Waals surface area contributed by atoms with Crippen molar-refractivity contribution in [2.24, 2.45) is 0 Å². The second-order valence-corrected chi connectivity index (χ2v) is 5.14. The Morgan fingerprint density at radius 3 is 2.26 bits per heavy atom. The van der Waals surface area contributed by atoms with Crippen LogP contribution < -0.4 is 15.4 Å². The zero-order valence-electron chi connectivity index (χ0n) is 13.5. The molecule has 0 bridgehead atoms. The Morgan fingerprint density at radius 1 is 1.00 bits per heavy atom. The van der Waals surface area contributed by atoms with E-state index in [9.17, 15) is 9.59 Å². The molecule has 0 saturated heterocycles. The highest BCUT2D eigenvalue weighted by atomic mass is 16.5. The Balaban J connectivity index is 2.00. The average molecular weight is 312 g/mol. The summed E-state index contributed by atoms with van der Waals surface area (Å²) < 4.78 is 5.23. The summed E-state index contributed by atoms with van der Waals surface area (Å²) in [6, 6.07) is 12.4. The first-order chi connectivity index (χ1) is 11.0. The fourth-order valence-electron chi connectivity index (χ4n) is 2.16. The van der Waals surface area contributed by atoms with Crippen LogP contribution in [-0.4, -0.2) is 26.0 Å². The standard InChI is InChI=1S/C18H20N2O3/c1-12-4-7-15(10-16(12)23-3)18(22)20-11-13-5-8-14(9-6-13)17(21)19-2/h4-10H,11H2,1-3H3,(H,19,21)(H,20,22). The zero-order valence-corrected chi connectivity index (χ0v) is 13.5. The predicted octanol–water partition coefficient (Wildman–Crippen LogP) is 2.29. The van der Waals surface area contributed by atoms with Gasteiger partial charge in [-0.3, -0.25) is 9.59 Å². The molecule has 0 aliphatic rings. The molecule has 0 fully saturated rings. The van der Waals surface area contributed by atoms with E-state index in [0.717, 1.165) is 11.1 Å². The molecule has 5 nitrogen and oxygen atoms in total. The smallest absolute Gasteiger partial charge is 0.251 e. The van der Waals surface area contributed by atoms with E-state index in [0.29, 0.717) is 23.4 Å². The molecule has 2 aromatic carbocycles. The molecule has 120 valence electrons. The van der Waals surface area contributed by atoms with Gasteiger partial charge in [-0.15, -0.1) is 0 Å². The molecule has 2 amide bonds. The Kier molecular flexibility index (Phi) is 5.36. The Morgan fingerprint density at radius 2 is 1.65 bits per heavy atom. The maximum Gasteiger partial charge on any atom is 0.251 e. The molecule has 0 aliphatic heterocycles. The number of nitrogens with one attached hydrogen (secondary N) is 2. The second-order valence-electron chi connectivity index (χ2n) is 5.14. The topological polar surface area (TPSA) is 67.4 Å². The molecule has 0 saturated carbocycles. The SMILES string of the molecule is CNC(=O)c1ccc(CNC(=O)c2ccc(C)c(OC)c2)cc1. The van der Waals surface area contributed by atoms with Gasteiger partial charge in [0.25, 0.3) is 11.8 Å². The fourth-order valence-corrected chi connectivity index (χ4v) is 2.16. The van der Waals surface area contributed by atoms with Gasteiger partial charge in [0.1, 0.15) is 5.75 Å². The zero-order chi connectivity index (χ0) is 16.8. The van der Waals surface area contributed by atoms with Gasteiger partial charge in [0.2, 0.25) is 0 Å². The van der Waals surface area contributed by atoms with Gasteiger partial charge < -0.3 is 15.4 Å². The molecule has 0 radical (unpaired) electrons. The summed E-state index contributed by atoms with van der Waals surface area (Å²) in [5.41, 5.74) is 3.04. The van der Waals surface area contributed by atoms with Gasteiger partial charge in [-0.2, -0.15) is 0 Å². The van der Waals surface area contributed by atoms with Crippen LogP contribution in [0, 0.1) is 6.92 Å². The number of carbonyl (C=O) groups excluding carboxylic acids is 2. The molecule has 2 rings (SSSR count). The highest BCUT2D eigenvalue weighted by Crippen LogP contribution is 2.18. The Labute approximate surface area is 135 Å². The van der Waals surface area contributed by atoms with E-state index in [1.807, 2.05) is 25.1 Å². The van der Waals surface area contributed by atoms with Crippen LogP contribution in [0.4, 0.5) is 0 Å². The highest BCUT2D eigenvalue weighted by Gasteiger charge is 2.09. The van der Waals surface area contributed by atoms with Crippen molar-refractivity contribution in [3.8, 4) is 5.75 Å². The summed E-state index contributed by atoms with van der Waals surface area (Å²) in [4.78, 5) is 23.7. The van der Waals surface area contributed by atoms with Crippen LogP contribution in [0.2, 0.25) is 0 Å². The van der Waals surface area contributed by atoms with Gasteiger partial charge in [0.15, 0.2) is 0 Å². The number of ether oxygens (including phenoxy) is 1. The predicted molar refractivity (Wildman–Crippen MR) is 88.7 cm³/mol. The first-order valence-corrected chi connectivity index (χ1v) is 7.29. The number of rotatable bonds is 5. The molecule has 0 aliphatic carbocycles. The summed E-state index contributed by atoms with van der Waals surface area (Å²) in [5.74, 6) is 0.388. The molecule has 2 aromatic rings. The largest absolute Gasteiger partial charge is 0.496 e. The van der Waals surface area contributed by atoms with Crippen molar-refractivity contribution in [1.29, 1.82) is 0 Å². The lowest BCUT2D eigenvalue weighted by Gasteiger charge is -2.09. The van der Waals surface area contributed by atoms with Crippen LogP contribution in [0.5, 0.6) is 5.75 Å². The summed E-state index contributed by atoms with van der Waals surface area (Å²) in [7, 11) is 3.17. The fraction of sp³-hybridized carbons (Fsp3) is 0.222. The van der Waals surface area contributed by atoms with E-state index >= 15 is 0 Å². The number of hydrogen-bond acceptors (Lipinski definition) is 3. The number of carbonyl (C=O) groups is 2. The van der Waals surface area contributed by atoms with Gasteiger partial charge in [0.05, 0.1) is 7.11 Å². The summed E-state index contributed by atoms with van der Waals surface area (Å²) in [6.07, 6.45) is 0. The van der Waals surface area contributed by atoms with E-state index < -0.39 is 0 Å². The van der Waals surface area contributed by atoms with Crippen LogP contribution in [0.15, 0.2) is 42.5 Å². The van der Waals surface area contributed by atoms with Crippen LogP contribution in [0.3, 0.4) is 0 Å². The molecule has 0 aromatic heterocycles. The number of aryl methyl sites for hydroxylation is 1. The lowest BCUT2D eigenvalue weighted by atomic mass is 10.1. The minimum Gasteiger partial charge on any atom is -0.496 e. The van der Waals surface area contributed by atoms with E-state index in [2.05, 4.69) is 10.6 Å². The number of benzene rings is 2. The van der Waals surface area contributed by atoms with E-state index in [1.54, 1.807) is 38.4 Å². The van der Waals surface area contributed by atoms with Crippen molar-refractivity contribution >= 4 is 11.8 Å². The highest BCUT2D eigenvalue weighted by molar-refractivity contribution is 5.95. The van der Waals surface area contributed by atoms with E-state index in [-0.39, 0.29) is 11.8 Å². The van der Waals surface area contributed by atoms with Crippen molar-refractivity contribution in [2.45, 2.75) is 13.5 Å². The van der Waals surface area contributed by atoms with Crippen LogP contribution in [0.1, 0.15) is 31.8 Å². The first kappa shape index (κ1) is 16.5. The average Bonchev–Trinajstić information content (AvgIpc) is 2.59. The third kappa shape index (κ3) is 4.10. The lowest BCUT2D eigenvalue weighted by molar-refractivity contribution is 0.0945. The van der Waals surface area contributed by atoms with Gasteiger partial charge in [0, 0.05) is 24.7 Å². The molecule has 0 spiro atoms. The molecule has 0 heterocycles. The first-order valence-electron chi connectivity index (χ1n) is 7.29. The second kappa shape index (κ2) is 7.45. The third-order valence-corrected chi connectivity index (χ3v) is 3.57. The normalized spacial score (nSPS) is 10.0. The van der Waals surface area contributed by atoms with Crippen molar-refractivity contribution in [3.05, 3.63) is 64.7 Å². The van der Waals surface area contributed by atoms with Gasteiger partial charge in [-0.25, -0.2) is 0 Å². The Bertz CT molecular complexity index is 709. The number of hydrogen-bond donors (Lipinski definition) is 2. The van der Waals surface area contributed by atoms with Crippen LogP contribution in [-0.2, 0) is 6.54 Å². The van der Waals surface area contributed by atoms with Crippen molar-refractivity contribution in [1.82, 2.24) is 10.6 Å². The van der Waals surface area contributed by atoms with Crippen molar-refractivity contribution in [2.75, 3.05) is 14.2 Å². The van der Waals surface area contributed by atoms with Gasteiger partial charge in [-0.05, 0) is 42.3 Å². The summed E-state index contributed by atoms with van der Waals surface area (Å²) >= 11 is 0. The van der Waals surface area contributed by atoms with E-state index in [1.165, 1.54) is 0 Å². The minimum atomic E-state index is -0.168. The number of amides is 2. The van der Waals surface area contributed by atoms with Crippen molar-refractivity contribution in [3.63, 3.8) is 0 Å². The third-order valence-electron chi connectivity index (χ3n) is 3.57. The van der Waals surface area contributed by atoms with Gasteiger partial charge >= 0.3 is 0 Å². The quantitative estimate of drug-likeness (QED) is 0.890. The molecular formula is C18H20N2O3.